The second-order valence-corrected chi connectivity index (χ2v) is 6.03. The lowest BCUT2D eigenvalue weighted by atomic mass is 10.1. The van der Waals surface area contributed by atoms with E-state index >= 15 is 0 Å². The molecule has 2 amide bonds. The number of carbonyl (C=O) groups is 2. The van der Waals surface area contributed by atoms with Crippen molar-refractivity contribution in [2.75, 3.05) is 0 Å². The van der Waals surface area contributed by atoms with Crippen molar-refractivity contribution < 1.29 is 9.59 Å². The van der Waals surface area contributed by atoms with Crippen LogP contribution in [0.5, 0.6) is 0 Å². The third-order valence-electron chi connectivity index (χ3n) is 3.65. The van der Waals surface area contributed by atoms with E-state index in [9.17, 15) is 9.59 Å². The van der Waals surface area contributed by atoms with Crippen LogP contribution in [0.25, 0.3) is 0 Å². The Morgan fingerprint density at radius 1 is 0.750 bits per heavy atom. The number of hydrogen-bond acceptors (Lipinski definition) is 3. The van der Waals surface area contributed by atoms with Crippen molar-refractivity contribution in [1.82, 2.24) is 16.3 Å². The zero-order valence-corrected chi connectivity index (χ0v) is 15.3. The molecule has 0 aromatic carbocycles. The van der Waals surface area contributed by atoms with E-state index in [0.29, 0.717) is 12.8 Å². The molecule has 0 fully saturated rings. The summed E-state index contributed by atoms with van der Waals surface area (Å²) in [6, 6.07) is 0. The number of hydrogen-bond donors (Lipinski definition) is 4. The Morgan fingerprint density at radius 3 is 1.79 bits per heavy atom. The number of amides is 2. The van der Waals surface area contributed by atoms with Crippen LogP contribution in [0.3, 0.4) is 0 Å². The van der Waals surface area contributed by atoms with Gasteiger partial charge in [-0.05, 0) is 12.8 Å². The highest BCUT2D eigenvalue weighted by molar-refractivity contribution is 5.84. The van der Waals surface area contributed by atoms with Crippen molar-refractivity contribution in [1.29, 1.82) is 0 Å². The van der Waals surface area contributed by atoms with Crippen molar-refractivity contribution in [2.24, 2.45) is 10.8 Å². The van der Waals surface area contributed by atoms with E-state index in [0.717, 1.165) is 38.5 Å². The van der Waals surface area contributed by atoms with E-state index in [-0.39, 0.29) is 17.8 Å². The summed E-state index contributed by atoms with van der Waals surface area (Å²) in [5, 5.41) is 3.70. The quantitative estimate of drug-likeness (QED) is 0.179. The number of nitrogens with two attached hydrogens (primary N) is 1. The lowest BCUT2D eigenvalue weighted by molar-refractivity contribution is -0.122. The van der Waals surface area contributed by atoms with Gasteiger partial charge in [0.05, 0.1) is 0 Å². The number of rotatable bonds is 13. The van der Waals surface area contributed by atoms with Gasteiger partial charge in [-0.15, -0.1) is 5.10 Å². The maximum atomic E-state index is 11.6. The lowest BCUT2D eigenvalue weighted by Crippen LogP contribution is -2.46. The summed E-state index contributed by atoms with van der Waals surface area (Å²) in [7, 11) is 0. The summed E-state index contributed by atoms with van der Waals surface area (Å²) in [5.41, 5.74) is 12.9. The van der Waals surface area contributed by atoms with Crippen LogP contribution in [0.1, 0.15) is 90.9 Å². The van der Waals surface area contributed by atoms with Gasteiger partial charge in [0.1, 0.15) is 0 Å². The number of nitrogens with one attached hydrogen (secondary N) is 3. The Hall–Kier alpha value is -1.79. The summed E-state index contributed by atoms with van der Waals surface area (Å²) in [4.78, 5) is 23.1. The molecule has 5 N–H and O–H groups in total. The molecule has 7 heteroatoms. The average Bonchev–Trinajstić information content (AvgIpc) is 2.57. The van der Waals surface area contributed by atoms with Crippen LogP contribution in [-0.2, 0) is 9.59 Å². The lowest BCUT2D eigenvalue weighted by Gasteiger charge is -2.07. The van der Waals surface area contributed by atoms with Gasteiger partial charge in [0.15, 0.2) is 0 Å². The second kappa shape index (κ2) is 16.1. The number of hydrazone groups is 1. The van der Waals surface area contributed by atoms with Crippen molar-refractivity contribution in [3.05, 3.63) is 0 Å². The molecule has 0 spiro atoms. The SMILES string of the molecule is CCCCCCCC(=O)NN=C(N)NNC(=O)CCCCCCC. The normalized spacial score (nSPS) is 11.2. The minimum absolute atomic E-state index is 0.0336. The van der Waals surface area contributed by atoms with Crippen molar-refractivity contribution in [2.45, 2.75) is 90.9 Å². The molecule has 7 nitrogen and oxygen atoms in total. The summed E-state index contributed by atoms with van der Waals surface area (Å²) in [5.74, 6) is -0.334. The molecule has 0 aliphatic heterocycles. The third-order valence-corrected chi connectivity index (χ3v) is 3.65. The molecule has 140 valence electrons. The summed E-state index contributed by atoms with van der Waals surface area (Å²) in [6.07, 6.45) is 11.8. The fourth-order valence-corrected chi connectivity index (χ4v) is 2.18. The molecular weight excluding hydrogens is 306 g/mol. The van der Waals surface area contributed by atoms with Gasteiger partial charge in [0, 0.05) is 12.8 Å². The van der Waals surface area contributed by atoms with Gasteiger partial charge in [0.2, 0.25) is 17.8 Å². The van der Waals surface area contributed by atoms with Crippen molar-refractivity contribution >= 4 is 17.8 Å². The molecule has 0 unspecified atom stereocenters. The first-order chi connectivity index (χ1) is 11.6. The highest BCUT2D eigenvalue weighted by Crippen LogP contribution is 2.05. The van der Waals surface area contributed by atoms with Crippen LogP contribution >= 0.6 is 0 Å². The fraction of sp³-hybridized carbons (Fsp3) is 0.824. The largest absolute Gasteiger partial charge is 0.367 e. The van der Waals surface area contributed by atoms with E-state index in [2.05, 4.69) is 35.2 Å². The van der Waals surface area contributed by atoms with E-state index in [1.165, 1.54) is 25.7 Å². The Balaban J connectivity index is 3.67. The molecule has 0 aromatic rings. The Bertz CT molecular complexity index is 372. The third kappa shape index (κ3) is 15.1. The second-order valence-electron chi connectivity index (χ2n) is 6.03. The summed E-state index contributed by atoms with van der Waals surface area (Å²) < 4.78 is 0. The van der Waals surface area contributed by atoms with Gasteiger partial charge >= 0.3 is 0 Å². The number of nitrogens with zero attached hydrogens (tertiary/aromatic N) is 1. The maximum Gasteiger partial charge on any atom is 0.240 e. The zero-order chi connectivity index (χ0) is 18.0. The van der Waals surface area contributed by atoms with Gasteiger partial charge in [-0.1, -0.05) is 65.2 Å². The average molecular weight is 342 g/mol. The Labute approximate surface area is 146 Å². The molecule has 0 aliphatic carbocycles. The maximum absolute atomic E-state index is 11.6. The van der Waals surface area contributed by atoms with E-state index in [4.69, 9.17) is 5.73 Å². The first-order valence-corrected chi connectivity index (χ1v) is 9.27. The smallest absolute Gasteiger partial charge is 0.240 e. The summed E-state index contributed by atoms with van der Waals surface area (Å²) >= 11 is 0. The first-order valence-electron chi connectivity index (χ1n) is 9.27. The molecule has 0 aliphatic rings. The van der Waals surface area contributed by atoms with Crippen molar-refractivity contribution in [3.63, 3.8) is 0 Å². The number of carbonyl (C=O) groups excluding carboxylic acids is 2. The number of unbranched alkanes of at least 4 members (excludes halogenated alkanes) is 8. The number of hydrazine groups is 1. The molecule has 24 heavy (non-hydrogen) atoms. The van der Waals surface area contributed by atoms with E-state index in [1.54, 1.807) is 0 Å². The minimum atomic E-state index is -0.168. The fourth-order valence-electron chi connectivity index (χ4n) is 2.18. The van der Waals surface area contributed by atoms with Gasteiger partial charge in [-0.3, -0.25) is 20.4 Å². The van der Waals surface area contributed by atoms with Crippen LogP contribution in [0.2, 0.25) is 0 Å². The van der Waals surface area contributed by atoms with Gasteiger partial charge in [-0.25, -0.2) is 5.43 Å². The van der Waals surface area contributed by atoms with Crippen LogP contribution in [0.15, 0.2) is 5.10 Å². The Morgan fingerprint density at radius 2 is 1.25 bits per heavy atom. The molecule has 0 rings (SSSR count). The molecule has 0 radical (unpaired) electrons. The van der Waals surface area contributed by atoms with Crippen molar-refractivity contribution in [3.8, 4) is 0 Å². The van der Waals surface area contributed by atoms with E-state index in [1.807, 2.05) is 0 Å². The van der Waals surface area contributed by atoms with Gasteiger partial charge in [-0.2, -0.15) is 0 Å². The molecule has 0 saturated heterocycles. The molecule has 0 aromatic heterocycles. The van der Waals surface area contributed by atoms with Crippen LogP contribution in [0, 0.1) is 0 Å². The predicted octanol–water partition coefficient (Wildman–Crippen LogP) is 2.67. The highest BCUT2D eigenvalue weighted by atomic mass is 16.2. The van der Waals surface area contributed by atoms with Crippen LogP contribution < -0.4 is 22.0 Å². The molecule has 0 bridgehead atoms. The van der Waals surface area contributed by atoms with E-state index < -0.39 is 0 Å². The van der Waals surface area contributed by atoms with Crippen LogP contribution in [-0.4, -0.2) is 17.8 Å². The Kier molecular flexibility index (Phi) is 14.9. The van der Waals surface area contributed by atoms with Gasteiger partial charge in [0.25, 0.3) is 0 Å². The number of guanidine groups is 1. The highest BCUT2D eigenvalue weighted by Gasteiger charge is 2.02. The molecule has 0 atom stereocenters. The minimum Gasteiger partial charge on any atom is -0.367 e. The van der Waals surface area contributed by atoms with Crippen LogP contribution in [0.4, 0.5) is 0 Å². The van der Waals surface area contributed by atoms with Gasteiger partial charge < -0.3 is 5.73 Å². The molecule has 0 heterocycles. The monoisotopic (exact) mass is 341 g/mol. The first kappa shape index (κ1) is 22.2. The standard InChI is InChI=1S/C17H35N5O2/c1-3-5-7-9-11-13-15(23)19-21-17(18)22-20-16(24)14-12-10-8-6-4-2/h3-14H2,1-2H3,(H,19,23)(H,20,24)(H3,18,21,22). The molecular formula is C17H35N5O2. The predicted molar refractivity (Wildman–Crippen MR) is 97.8 cm³/mol. The zero-order valence-electron chi connectivity index (χ0n) is 15.3. The summed E-state index contributed by atoms with van der Waals surface area (Å²) in [6.45, 7) is 4.31. The molecule has 0 saturated carbocycles. The topological polar surface area (TPSA) is 109 Å².